The van der Waals surface area contributed by atoms with Crippen LogP contribution in [0.5, 0.6) is 0 Å². The van der Waals surface area contributed by atoms with Crippen LogP contribution in [0.3, 0.4) is 0 Å². The van der Waals surface area contributed by atoms with Gasteiger partial charge in [-0.05, 0) is 42.2 Å². The Hall–Kier alpha value is 0.170. The second-order valence-electron chi connectivity index (χ2n) is 2.94. The predicted octanol–water partition coefficient (Wildman–Crippen LogP) is 0.486. The smallest absolute Gasteiger partial charge is 0.104 e. The van der Waals surface area contributed by atoms with Gasteiger partial charge in [0.05, 0.1) is 0 Å². The molecular weight excluding hydrogens is 164 g/mol. The Labute approximate surface area is 76.4 Å². The maximum Gasteiger partial charge on any atom is 0.104 e. The zero-order chi connectivity index (χ0) is 8.73. The number of hydrogen-bond donors (Lipinski definition) is 1. The van der Waals surface area contributed by atoms with E-state index in [1.165, 1.54) is 0 Å². The van der Waals surface area contributed by atoms with Gasteiger partial charge in [-0.25, -0.2) is 0 Å². The Morgan fingerprint density at radius 3 is 1.09 bits per heavy atom. The number of hydrogen-bond acceptors (Lipinski definition) is 3. The molecule has 0 aromatic carbocycles. The van der Waals surface area contributed by atoms with Gasteiger partial charge in [-0.15, -0.1) is 12.4 Å². The number of aliphatic hydroxyl groups excluding tert-OH is 1. The lowest BCUT2D eigenvalue weighted by molar-refractivity contribution is 0.0578. The zero-order valence-corrected chi connectivity index (χ0v) is 9.14. The van der Waals surface area contributed by atoms with Crippen LogP contribution in [0.4, 0.5) is 0 Å². The summed E-state index contributed by atoms with van der Waals surface area (Å²) >= 11 is 0. The second kappa shape index (κ2) is 10.2. The maximum absolute atomic E-state index is 8.56. The van der Waals surface area contributed by atoms with Gasteiger partial charge in [-0.1, -0.05) is 0 Å². The van der Waals surface area contributed by atoms with Gasteiger partial charge < -0.3 is 10.0 Å². The largest absolute Gasteiger partial charge is 0.379 e. The highest BCUT2D eigenvalue weighted by Gasteiger charge is 1.92. The average Bonchev–Trinajstić information content (AvgIpc) is 1.63. The summed E-state index contributed by atoms with van der Waals surface area (Å²) in [5.41, 5.74) is 0. The van der Waals surface area contributed by atoms with Gasteiger partial charge in [-0.2, -0.15) is 0 Å². The molecule has 0 saturated carbocycles. The fourth-order valence-corrected chi connectivity index (χ4v) is 0. The molecule has 3 nitrogen and oxygen atoms in total. The Kier molecular flexibility index (Phi) is 16.0. The van der Waals surface area contributed by atoms with Crippen molar-refractivity contribution in [2.45, 2.75) is 13.2 Å². The van der Waals surface area contributed by atoms with Gasteiger partial charge in [0.25, 0.3) is 0 Å². The van der Waals surface area contributed by atoms with Gasteiger partial charge in [0, 0.05) is 0 Å². The Bertz CT molecular complexity index is 58.7. The first-order valence-corrected chi connectivity index (χ1v) is 3.33. The molecule has 0 aromatic heterocycles. The van der Waals surface area contributed by atoms with Crippen molar-refractivity contribution < 1.29 is 5.11 Å². The lowest BCUT2D eigenvalue weighted by atomic mass is 10.6. The van der Waals surface area contributed by atoms with Crippen molar-refractivity contribution in [2.75, 3.05) is 35.2 Å². The summed E-state index contributed by atoms with van der Waals surface area (Å²) in [7, 11) is 9.65. The summed E-state index contributed by atoms with van der Waals surface area (Å²) in [6, 6.07) is 0. The van der Waals surface area contributed by atoms with Crippen molar-refractivity contribution in [1.82, 2.24) is 9.80 Å². The van der Waals surface area contributed by atoms with Crippen LogP contribution in [0.15, 0.2) is 0 Å². The minimum atomic E-state index is -0.315. The number of rotatable bonds is 1. The fraction of sp³-hybridized carbons (Fsp3) is 1.00. The second-order valence-corrected chi connectivity index (χ2v) is 2.94. The number of halogens is 1. The lowest BCUT2D eigenvalue weighted by Crippen LogP contribution is -2.23. The van der Waals surface area contributed by atoms with E-state index in [1.807, 2.05) is 40.1 Å². The molecule has 1 N–H and O–H groups in total. The van der Waals surface area contributed by atoms with E-state index in [1.54, 1.807) is 11.8 Å². The van der Waals surface area contributed by atoms with Crippen LogP contribution in [0, 0.1) is 0 Å². The van der Waals surface area contributed by atoms with Crippen molar-refractivity contribution >= 4 is 12.4 Å². The van der Waals surface area contributed by atoms with E-state index in [4.69, 9.17) is 5.11 Å². The molecule has 1 atom stereocenters. The molecule has 0 heterocycles. The molecule has 0 aliphatic rings. The fourth-order valence-electron chi connectivity index (χ4n) is 0. The van der Waals surface area contributed by atoms with E-state index in [-0.39, 0.29) is 18.6 Å². The molecule has 0 rings (SSSR count). The molecule has 72 valence electrons. The molecule has 0 spiro atoms. The monoisotopic (exact) mass is 184 g/mol. The Morgan fingerprint density at radius 2 is 1.09 bits per heavy atom. The summed E-state index contributed by atoms with van der Waals surface area (Å²) < 4.78 is 0. The van der Waals surface area contributed by atoms with E-state index >= 15 is 0 Å². The molecule has 11 heavy (non-hydrogen) atoms. The summed E-state index contributed by atoms with van der Waals surface area (Å²) in [4.78, 5) is 3.72. The lowest BCUT2D eigenvalue weighted by Gasteiger charge is -2.11. The molecule has 0 amide bonds. The molecular formula is C7H21ClN2O. The normalized spacial score (nSPS) is 11.7. The van der Waals surface area contributed by atoms with Crippen LogP contribution in [-0.4, -0.2) is 56.4 Å². The van der Waals surface area contributed by atoms with Gasteiger partial charge in [-0.3, -0.25) is 4.90 Å². The van der Waals surface area contributed by atoms with Crippen LogP contribution < -0.4 is 0 Å². The van der Waals surface area contributed by atoms with Crippen LogP contribution in [-0.2, 0) is 0 Å². The first-order valence-electron chi connectivity index (χ1n) is 3.33. The molecule has 1 unspecified atom stereocenters. The average molecular weight is 185 g/mol. The van der Waals surface area contributed by atoms with Crippen LogP contribution >= 0.6 is 12.4 Å². The number of aliphatic hydroxyl groups is 1. The topological polar surface area (TPSA) is 26.7 Å². The van der Waals surface area contributed by atoms with Crippen molar-refractivity contribution in [2.24, 2.45) is 0 Å². The quantitative estimate of drug-likeness (QED) is 0.601. The Morgan fingerprint density at radius 1 is 1.00 bits per heavy atom. The van der Waals surface area contributed by atoms with Gasteiger partial charge in [0.1, 0.15) is 6.23 Å². The summed E-state index contributed by atoms with van der Waals surface area (Å²) in [5, 5.41) is 8.56. The highest BCUT2D eigenvalue weighted by atomic mass is 35.5. The highest BCUT2D eigenvalue weighted by Crippen LogP contribution is 1.79. The van der Waals surface area contributed by atoms with Crippen LogP contribution in [0.1, 0.15) is 6.92 Å². The third-order valence-corrected chi connectivity index (χ3v) is 0.747. The minimum Gasteiger partial charge on any atom is -0.379 e. The first-order chi connectivity index (χ1) is 4.37. The molecule has 0 saturated heterocycles. The number of nitrogens with zero attached hydrogens (tertiary/aromatic N) is 2. The third kappa shape index (κ3) is 39.0. The zero-order valence-electron chi connectivity index (χ0n) is 8.33. The van der Waals surface area contributed by atoms with E-state index in [0.29, 0.717) is 0 Å². The molecule has 4 heteroatoms. The predicted molar refractivity (Wildman–Crippen MR) is 52.2 cm³/mol. The Balaban J connectivity index is -0.000000114. The molecule has 0 aromatic rings. The van der Waals surface area contributed by atoms with Crippen molar-refractivity contribution in [3.63, 3.8) is 0 Å². The van der Waals surface area contributed by atoms with E-state index in [0.717, 1.165) is 0 Å². The third-order valence-electron chi connectivity index (χ3n) is 0.747. The van der Waals surface area contributed by atoms with Gasteiger partial charge in [0.15, 0.2) is 0 Å². The standard InChI is InChI=1S/C4H11NO.C3H9N.ClH/c1-4(6)5(2)3;1-4(2)3;/h4,6H,1-3H3;1-3H3;1H. The van der Waals surface area contributed by atoms with Crippen LogP contribution in [0.2, 0.25) is 0 Å². The molecule has 0 aliphatic heterocycles. The summed E-state index contributed by atoms with van der Waals surface area (Å²) in [6.07, 6.45) is -0.315. The molecule has 0 bridgehead atoms. The van der Waals surface area contributed by atoms with Gasteiger partial charge in [0.2, 0.25) is 0 Å². The maximum atomic E-state index is 8.56. The van der Waals surface area contributed by atoms with Crippen LogP contribution in [0.25, 0.3) is 0 Å². The van der Waals surface area contributed by atoms with Crippen molar-refractivity contribution in [3.05, 3.63) is 0 Å². The van der Waals surface area contributed by atoms with E-state index in [9.17, 15) is 0 Å². The summed E-state index contributed by atoms with van der Waals surface area (Å²) in [5.74, 6) is 0. The molecule has 0 aliphatic carbocycles. The SMILES string of the molecule is CC(O)N(C)C.CN(C)C.Cl. The minimum absolute atomic E-state index is 0. The van der Waals surface area contributed by atoms with Crippen molar-refractivity contribution in [3.8, 4) is 0 Å². The van der Waals surface area contributed by atoms with Gasteiger partial charge >= 0.3 is 0 Å². The first kappa shape index (κ1) is 17.3. The van der Waals surface area contributed by atoms with E-state index < -0.39 is 0 Å². The van der Waals surface area contributed by atoms with E-state index in [2.05, 4.69) is 0 Å². The molecule has 0 fully saturated rings. The highest BCUT2D eigenvalue weighted by molar-refractivity contribution is 5.85. The molecule has 0 radical (unpaired) electrons. The summed E-state index contributed by atoms with van der Waals surface area (Å²) in [6.45, 7) is 1.72. The van der Waals surface area contributed by atoms with Crippen molar-refractivity contribution in [1.29, 1.82) is 0 Å².